The summed E-state index contributed by atoms with van der Waals surface area (Å²) < 4.78 is 21.4. The number of imidazole rings is 1. The Morgan fingerprint density at radius 2 is 2.24 bits per heavy atom. The largest absolute Gasteiger partial charge is 0.486 e. The third-order valence-electron chi connectivity index (χ3n) is 3.34. The number of halogens is 2. The smallest absolute Gasteiger partial charge is 0.147 e. The maximum absolute atomic E-state index is 14.1. The first-order chi connectivity index (χ1) is 10.0. The molecule has 1 N–H and O–H groups in total. The van der Waals surface area contributed by atoms with Crippen LogP contribution in [-0.2, 0) is 13.7 Å². The number of benzene rings is 1. The van der Waals surface area contributed by atoms with Crippen LogP contribution in [0.2, 0.25) is 5.15 Å². The molecule has 2 aromatic rings. The van der Waals surface area contributed by atoms with Gasteiger partial charge in [-0.3, -0.25) is 0 Å². The molecule has 2 rings (SSSR count). The van der Waals surface area contributed by atoms with Crippen molar-refractivity contribution in [3.8, 4) is 5.75 Å². The molecule has 0 aliphatic heterocycles. The lowest BCUT2D eigenvalue weighted by Gasteiger charge is -2.14. The summed E-state index contributed by atoms with van der Waals surface area (Å²) in [6.45, 7) is 4.95. The highest BCUT2D eigenvalue weighted by molar-refractivity contribution is 6.29. The monoisotopic (exact) mass is 311 g/mol. The van der Waals surface area contributed by atoms with Crippen LogP contribution in [0.3, 0.4) is 0 Å². The van der Waals surface area contributed by atoms with Gasteiger partial charge in [-0.2, -0.15) is 0 Å². The fraction of sp³-hybridized carbons (Fsp3) is 0.400. The van der Waals surface area contributed by atoms with Crippen LogP contribution in [0.5, 0.6) is 5.75 Å². The van der Waals surface area contributed by atoms with E-state index in [-0.39, 0.29) is 18.5 Å². The van der Waals surface area contributed by atoms with Gasteiger partial charge in [-0.1, -0.05) is 24.6 Å². The molecular formula is C15H19ClFN3O. The third-order valence-corrected chi connectivity index (χ3v) is 3.70. The maximum atomic E-state index is 14.1. The Kier molecular flexibility index (Phi) is 5.20. The molecule has 4 nitrogen and oxygen atoms in total. The second-order valence-electron chi connectivity index (χ2n) is 4.81. The van der Waals surface area contributed by atoms with Crippen molar-refractivity contribution in [1.29, 1.82) is 0 Å². The van der Waals surface area contributed by atoms with E-state index in [0.717, 1.165) is 6.54 Å². The molecule has 0 aliphatic carbocycles. The zero-order valence-electron chi connectivity index (χ0n) is 12.4. The lowest BCUT2D eigenvalue weighted by molar-refractivity contribution is 0.290. The third kappa shape index (κ3) is 3.74. The first-order valence-corrected chi connectivity index (χ1v) is 7.22. The normalized spacial score (nSPS) is 12.4. The van der Waals surface area contributed by atoms with Crippen LogP contribution in [-0.4, -0.2) is 16.1 Å². The zero-order valence-corrected chi connectivity index (χ0v) is 13.1. The van der Waals surface area contributed by atoms with Crippen molar-refractivity contribution in [1.82, 2.24) is 14.9 Å². The van der Waals surface area contributed by atoms with Crippen LogP contribution in [0.1, 0.15) is 31.3 Å². The lowest BCUT2D eigenvalue weighted by Crippen LogP contribution is -2.18. The Hall–Kier alpha value is -1.59. The zero-order chi connectivity index (χ0) is 15.4. The Morgan fingerprint density at radius 1 is 1.48 bits per heavy atom. The van der Waals surface area contributed by atoms with Crippen molar-refractivity contribution >= 4 is 11.6 Å². The molecule has 0 radical (unpaired) electrons. The van der Waals surface area contributed by atoms with Crippen LogP contribution in [0.25, 0.3) is 0 Å². The first-order valence-electron chi connectivity index (χ1n) is 6.84. The Bertz CT molecular complexity index is 615. The van der Waals surface area contributed by atoms with E-state index >= 15 is 0 Å². The molecule has 0 saturated heterocycles. The molecule has 0 fully saturated rings. The minimum absolute atomic E-state index is 0.0302. The summed E-state index contributed by atoms with van der Waals surface area (Å²) in [5, 5.41) is 3.72. The van der Waals surface area contributed by atoms with E-state index in [0.29, 0.717) is 22.3 Å². The molecule has 114 valence electrons. The summed E-state index contributed by atoms with van der Waals surface area (Å²) in [7, 11) is 1.80. The number of hydrogen-bond donors (Lipinski definition) is 1. The number of rotatable bonds is 6. The van der Waals surface area contributed by atoms with Crippen molar-refractivity contribution in [2.24, 2.45) is 7.05 Å². The van der Waals surface area contributed by atoms with Crippen molar-refractivity contribution < 1.29 is 9.13 Å². The Morgan fingerprint density at radius 3 is 2.81 bits per heavy atom. The van der Waals surface area contributed by atoms with Gasteiger partial charge in [-0.15, -0.1) is 0 Å². The summed E-state index contributed by atoms with van der Waals surface area (Å²) >= 11 is 5.90. The van der Waals surface area contributed by atoms with Crippen molar-refractivity contribution in [2.45, 2.75) is 26.5 Å². The van der Waals surface area contributed by atoms with Gasteiger partial charge in [0.25, 0.3) is 0 Å². The minimum atomic E-state index is -0.279. The predicted molar refractivity (Wildman–Crippen MR) is 81.0 cm³/mol. The van der Waals surface area contributed by atoms with Crippen LogP contribution in [0.4, 0.5) is 4.39 Å². The molecule has 1 unspecified atom stereocenters. The van der Waals surface area contributed by atoms with Crippen LogP contribution in [0, 0.1) is 5.82 Å². The summed E-state index contributed by atoms with van der Waals surface area (Å²) in [5.41, 5.74) is 0.629. The molecule has 0 amide bonds. The fourth-order valence-corrected chi connectivity index (χ4v) is 2.22. The highest BCUT2D eigenvalue weighted by atomic mass is 35.5. The van der Waals surface area contributed by atoms with Crippen LogP contribution < -0.4 is 10.1 Å². The topological polar surface area (TPSA) is 39.1 Å². The molecule has 1 aromatic heterocycles. The summed E-state index contributed by atoms with van der Waals surface area (Å²) in [6, 6.07) is 4.87. The summed E-state index contributed by atoms with van der Waals surface area (Å²) in [4.78, 5) is 4.13. The second kappa shape index (κ2) is 6.91. The van der Waals surface area contributed by atoms with Gasteiger partial charge in [0.15, 0.2) is 0 Å². The molecule has 21 heavy (non-hydrogen) atoms. The molecule has 1 atom stereocenters. The van der Waals surface area contributed by atoms with E-state index in [1.807, 2.05) is 13.8 Å². The molecule has 0 spiro atoms. The van der Waals surface area contributed by atoms with E-state index in [1.165, 1.54) is 6.07 Å². The van der Waals surface area contributed by atoms with Crippen molar-refractivity contribution in [3.63, 3.8) is 0 Å². The standard InChI is InChI=1S/C15H19ClFN3O/c1-4-18-10(2)12-6-5-11(7-13(12)17)21-9-15-19-8-14(16)20(15)3/h5-8,10,18H,4,9H2,1-3H3. The van der Waals surface area contributed by atoms with Gasteiger partial charge in [-0.05, 0) is 19.5 Å². The molecule has 6 heteroatoms. The number of nitrogens with one attached hydrogen (secondary N) is 1. The Labute approximate surface area is 128 Å². The quantitative estimate of drug-likeness (QED) is 0.888. The molecule has 0 saturated carbocycles. The first kappa shape index (κ1) is 15.8. The lowest BCUT2D eigenvalue weighted by atomic mass is 10.1. The van der Waals surface area contributed by atoms with Crippen LogP contribution in [0.15, 0.2) is 24.4 Å². The van der Waals surface area contributed by atoms with Gasteiger partial charge in [-0.25, -0.2) is 9.37 Å². The fourth-order valence-electron chi connectivity index (χ4n) is 2.07. The van der Waals surface area contributed by atoms with E-state index in [4.69, 9.17) is 16.3 Å². The molecular weight excluding hydrogens is 293 g/mol. The summed E-state index contributed by atoms with van der Waals surface area (Å²) in [6.07, 6.45) is 1.56. The van der Waals surface area contributed by atoms with Crippen molar-refractivity contribution in [2.75, 3.05) is 6.54 Å². The van der Waals surface area contributed by atoms with E-state index in [1.54, 1.807) is 29.9 Å². The molecule has 1 heterocycles. The van der Waals surface area contributed by atoms with Gasteiger partial charge in [0.2, 0.25) is 0 Å². The minimum Gasteiger partial charge on any atom is -0.486 e. The molecule has 0 bridgehead atoms. The average molecular weight is 312 g/mol. The number of hydrogen-bond acceptors (Lipinski definition) is 3. The highest BCUT2D eigenvalue weighted by Gasteiger charge is 2.11. The van der Waals surface area contributed by atoms with E-state index in [9.17, 15) is 4.39 Å². The molecule has 0 aliphatic rings. The Balaban J connectivity index is 2.05. The second-order valence-corrected chi connectivity index (χ2v) is 5.19. The highest BCUT2D eigenvalue weighted by Crippen LogP contribution is 2.22. The predicted octanol–water partition coefficient (Wildman–Crippen LogP) is 3.46. The number of ether oxygens (including phenoxy) is 1. The summed E-state index contributed by atoms with van der Waals surface area (Å²) in [5.74, 6) is 0.878. The average Bonchev–Trinajstić information content (AvgIpc) is 2.77. The van der Waals surface area contributed by atoms with Gasteiger partial charge in [0, 0.05) is 24.7 Å². The molecule has 1 aromatic carbocycles. The van der Waals surface area contributed by atoms with Gasteiger partial charge in [0.1, 0.15) is 29.2 Å². The van der Waals surface area contributed by atoms with Gasteiger partial charge in [0.05, 0.1) is 6.20 Å². The number of aromatic nitrogens is 2. The SMILES string of the molecule is CCNC(C)c1ccc(OCc2ncc(Cl)n2C)cc1F. The maximum Gasteiger partial charge on any atom is 0.147 e. The van der Waals surface area contributed by atoms with E-state index in [2.05, 4.69) is 10.3 Å². The van der Waals surface area contributed by atoms with Gasteiger partial charge < -0.3 is 14.6 Å². The van der Waals surface area contributed by atoms with E-state index < -0.39 is 0 Å². The number of nitrogens with zero attached hydrogens (tertiary/aromatic N) is 2. The van der Waals surface area contributed by atoms with Gasteiger partial charge >= 0.3 is 0 Å². The van der Waals surface area contributed by atoms with Crippen LogP contribution >= 0.6 is 11.6 Å². The van der Waals surface area contributed by atoms with Crippen molar-refractivity contribution in [3.05, 3.63) is 46.8 Å².